The van der Waals surface area contributed by atoms with Crippen molar-refractivity contribution in [2.75, 3.05) is 19.6 Å². The summed E-state index contributed by atoms with van der Waals surface area (Å²) in [5.41, 5.74) is 1.80. The summed E-state index contributed by atoms with van der Waals surface area (Å²) in [6.07, 6.45) is 2.66. The molecule has 104 valence electrons. The van der Waals surface area contributed by atoms with Gasteiger partial charge in [-0.25, -0.2) is 0 Å². The van der Waals surface area contributed by atoms with E-state index < -0.39 is 0 Å². The summed E-state index contributed by atoms with van der Waals surface area (Å²) in [5.74, 6) is 0. The summed E-state index contributed by atoms with van der Waals surface area (Å²) in [4.78, 5) is 5.15. The Morgan fingerprint density at radius 1 is 1.37 bits per heavy atom. The standard InChI is InChI=1S/C17H25NS/c1-14-8-5-6-9-16(14)19-15(2)12-18-11-7-10-17(3,4)13-18/h5-6,8-9H,2,7,10-13H2,1,3-4H3. The van der Waals surface area contributed by atoms with Gasteiger partial charge in [-0.15, -0.1) is 0 Å². The van der Waals surface area contributed by atoms with Crippen molar-refractivity contribution in [3.8, 4) is 0 Å². The van der Waals surface area contributed by atoms with Gasteiger partial charge in [0.15, 0.2) is 0 Å². The van der Waals surface area contributed by atoms with E-state index in [1.165, 1.54) is 41.3 Å². The summed E-state index contributed by atoms with van der Waals surface area (Å²) in [6, 6.07) is 8.55. The summed E-state index contributed by atoms with van der Waals surface area (Å²) in [7, 11) is 0. The minimum atomic E-state index is 0.464. The van der Waals surface area contributed by atoms with Crippen LogP contribution in [0.3, 0.4) is 0 Å². The lowest BCUT2D eigenvalue weighted by molar-refractivity contribution is 0.129. The normalized spacial score (nSPS) is 19.3. The maximum atomic E-state index is 4.25. The van der Waals surface area contributed by atoms with Crippen LogP contribution < -0.4 is 0 Å². The van der Waals surface area contributed by atoms with E-state index in [-0.39, 0.29) is 0 Å². The molecular weight excluding hydrogens is 250 g/mol. The van der Waals surface area contributed by atoms with Gasteiger partial charge in [0.2, 0.25) is 0 Å². The van der Waals surface area contributed by atoms with Crippen molar-refractivity contribution in [1.29, 1.82) is 0 Å². The summed E-state index contributed by atoms with van der Waals surface area (Å²) >= 11 is 1.83. The molecule has 0 bridgehead atoms. The Kier molecular flexibility index (Phi) is 4.75. The highest BCUT2D eigenvalue weighted by Crippen LogP contribution is 2.32. The molecule has 0 amide bonds. The third kappa shape index (κ3) is 4.39. The number of hydrogen-bond acceptors (Lipinski definition) is 2. The molecule has 0 spiro atoms. The summed E-state index contributed by atoms with van der Waals surface area (Å²) in [6.45, 7) is 14.6. The quantitative estimate of drug-likeness (QED) is 0.731. The Balaban J connectivity index is 1.90. The first-order valence-electron chi connectivity index (χ1n) is 7.10. The van der Waals surface area contributed by atoms with E-state index in [1.807, 2.05) is 11.8 Å². The van der Waals surface area contributed by atoms with Crippen LogP contribution in [0.2, 0.25) is 0 Å². The van der Waals surface area contributed by atoms with Crippen molar-refractivity contribution in [2.45, 2.75) is 38.5 Å². The minimum Gasteiger partial charge on any atom is -0.298 e. The average molecular weight is 275 g/mol. The molecular formula is C17H25NS. The van der Waals surface area contributed by atoms with E-state index in [4.69, 9.17) is 0 Å². The van der Waals surface area contributed by atoms with Crippen LogP contribution in [0.1, 0.15) is 32.3 Å². The second kappa shape index (κ2) is 6.15. The van der Waals surface area contributed by atoms with E-state index in [0.717, 1.165) is 6.54 Å². The number of hydrogen-bond donors (Lipinski definition) is 0. The van der Waals surface area contributed by atoms with Gasteiger partial charge in [0.05, 0.1) is 0 Å². The van der Waals surface area contributed by atoms with Gasteiger partial charge in [0.25, 0.3) is 0 Å². The maximum Gasteiger partial charge on any atom is 0.0291 e. The third-order valence-electron chi connectivity index (χ3n) is 3.73. The van der Waals surface area contributed by atoms with Crippen molar-refractivity contribution in [1.82, 2.24) is 4.90 Å². The molecule has 1 nitrogen and oxygen atoms in total. The molecule has 1 heterocycles. The van der Waals surface area contributed by atoms with Crippen molar-refractivity contribution < 1.29 is 0 Å². The molecule has 0 N–H and O–H groups in total. The Bertz CT molecular complexity index is 450. The highest BCUT2D eigenvalue weighted by Gasteiger charge is 2.26. The molecule has 0 radical (unpaired) electrons. The lowest BCUT2D eigenvalue weighted by atomic mass is 9.84. The average Bonchev–Trinajstić information content (AvgIpc) is 2.30. The zero-order chi connectivity index (χ0) is 13.9. The first-order chi connectivity index (χ1) is 8.96. The monoisotopic (exact) mass is 275 g/mol. The Labute approximate surface area is 122 Å². The third-order valence-corrected chi connectivity index (χ3v) is 4.82. The van der Waals surface area contributed by atoms with Crippen molar-refractivity contribution in [3.63, 3.8) is 0 Å². The van der Waals surface area contributed by atoms with Crippen LogP contribution in [0.15, 0.2) is 40.6 Å². The molecule has 0 aromatic heterocycles. The lowest BCUT2D eigenvalue weighted by Crippen LogP contribution is -2.40. The second-order valence-corrected chi connectivity index (χ2v) is 7.61. The molecule has 1 aliphatic heterocycles. The molecule has 1 aromatic rings. The molecule has 0 saturated carbocycles. The number of thioether (sulfide) groups is 1. The minimum absolute atomic E-state index is 0.464. The number of likely N-dealkylation sites (tertiary alicyclic amines) is 1. The van der Waals surface area contributed by atoms with Crippen LogP contribution in [-0.4, -0.2) is 24.5 Å². The molecule has 0 atom stereocenters. The van der Waals surface area contributed by atoms with Gasteiger partial charge < -0.3 is 0 Å². The number of nitrogens with zero attached hydrogens (tertiary/aromatic N) is 1. The molecule has 1 aromatic carbocycles. The SMILES string of the molecule is C=C(CN1CCCC(C)(C)C1)Sc1ccccc1C. The van der Waals surface area contributed by atoms with Gasteiger partial charge in [-0.05, 0) is 48.3 Å². The van der Waals surface area contributed by atoms with Gasteiger partial charge in [0.1, 0.15) is 0 Å². The first-order valence-corrected chi connectivity index (χ1v) is 7.91. The fraction of sp³-hybridized carbons (Fsp3) is 0.529. The van der Waals surface area contributed by atoms with E-state index >= 15 is 0 Å². The number of benzene rings is 1. The Morgan fingerprint density at radius 3 is 2.79 bits per heavy atom. The van der Waals surface area contributed by atoms with Gasteiger partial charge >= 0.3 is 0 Å². The molecule has 2 rings (SSSR count). The van der Waals surface area contributed by atoms with E-state index in [9.17, 15) is 0 Å². The molecule has 0 aliphatic carbocycles. The van der Waals surface area contributed by atoms with Crippen LogP contribution in [0.5, 0.6) is 0 Å². The predicted molar refractivity (Wildman–Crippen MR) is 85.6 cm³/mol. The number of piperidine rings is 1. The van der Waals surface area contributed by atoms with Gasteiger partial charge in [0, 0.05) is 18.0 Å². The number of rotatable bonds is 4. The molecule has 1 aliphatic rings. The van der Waals surface area contributed by atoms with Crippen molar-refractivity contribution in [3.05, 3.63) is 41.3 Å². The van der Waals surface area contributed by atoms with Crippen molar-refractivity contribution in [2.24, 2.45) is 5.41 Å². The Morgan fingerprint density at radius 2 is 2.11 bits per heavy atom. The highest BCUT2D eigenvalue weighted by molar-refractivity contribution is 8.03. The molecule has 1 fully saturated rings. The van der Waals surface area contributed by atoms with Crippen LogP contribution in [0.4, 0.5) is 0 Å². The molecule has 0 unspecified atom stereocenters. The van der Waals surface area contributed by atoms with E-state index in [1.54, 1.807) is 0 Å². The Hall–Kier alpha value is -0.730. The zero-order valence-electron chi connectivity index (χ0n) is 12.4. The lowest BCUT2D eigenvalue weighted by Gasteiger charge is -2.38. The second-order valence-electron chi connectivity index (χ2n) is 6.38. The fourth-order valence-corrected chi connectivity index (χ4v) is 3.72. The summed E-state index contributed by atoms with van der Waals surface area (Å²) in [5, 5.41) is 0. The van der Waals surface area contributed by atoms with Gasteiger partial charge in [-0.3, -0.25) is 4.90 Å². The summed E-state index contributed by atoms with van der Waals surface area (Å²) < 4.78 is 0. The number of aryl methyl sites for hydroxylation is 1. The van der Waals surface area contributed by atoms with Crippen LogP contribution in [-0.2, 0) is 0 Å². The van der Waals surface area contributed by atoms with E-state index in [2.05, 4.69) is 56.5 Å². The molecule has 1 saturated heterocycles. The fourth-order valence-electron chi connectivity index (χ4n) is 2.79. The molecule has 19 heavy (non-hydrogen) atoms. The zero-order valence-corrected chi connectivity index (χ0v) is 13.2. The first kappa shape index (κ1) is 14.7. The van der Waals surface area contributed by atoms with Gasteiger partial charge in [-0.1, -0.05) is 50.4 Å². The highest BCUT2D eigenvalue weighted by atomic mass is 32.2. The maximum absolute atomic E-state index is 4.25. The van der Waals surface area contributed by atoms with Crippen LogP contribution >= 0.6 is 11.8 Å². The topological polar surface area (TPSA) is 3.24 Å². The van der Waals surface area contributed by atoms with E-state index in [0.29, 0.717) is 5.41 Å². The molecule has 2 heteroatoms. The predicted octanol–water partition coefficient (Wildman–Crippen LogP) is 4.72. The van der Waals surface area contributed by atoms with Crippen LogP contribution in [0, 0.1) is 12.3 Å². The largest absolute Gasteiger partial charge is 0.298 e. The van der Waals surface area contributed by atoms with Crippen molar-refractivity contribution >= 4 is 11.8 Å². The van der Waals surface area contributed by atoms with Gasteiger partial charge in [-0.2, -0.15) is 0 Å². The van der Waals surface area contributed by atoms with Crippen LogP contribution in [0.25, 0.3) is 0 Å². The smallest absolute Gasteiger partial charge is 0.0291 e.